The first-order valence-corrected chi connectivity index (χ1v) is 22.5. The molecule has 13 aromatic rings. The highest BCUT2D eigenvalue weighted by molar-refractivity contribution is 6.27. The highest BCUT2D eigenvalue weighted by Gasteiger charge is 2.26. The second kappa shape index (κ2) is 15.4. The molecule has 0 unspecified atom stereocenters. The third kappa shape index (κ3) is 6.07. The standard InChI is InChI=1S/C62H41N3O/c1-5-21-44(22-6-1)63(45-23-7-2-8-24-45)48-38-43(39-49(40-48)64(46-25-9-3-10-26-46)57-34-19-32-51-50-29-14-13-20-42(50)36-37-53(51)57)55-41-56-52-30-15-17-33-58(52)65(47-27-11-4-12-28-47)61(56)60-54-31-16-18-35-59(54)66-62(55)60/h1-41H. The van der Waals surface area contributed by atoms with Gasteiger partial charge in [-0.3, -0.25) is 0 Å². The Balaban J connectivity index is 1.17. The van der Waals surface area contributed by atoms with E-state index in [4.69, 9.17) is 4.42 Å². The number of para-hydroxylation sites is 6. The van der Waals surface area contributed by atoms with Crippen molar-refractivity contribution in [2.24, 2.45) is 0 Å². The zero-order chi connectivity index (χ0) is 43.6. The molecule has 0 saturated heterocycles. The van der Waals surface area contributed by atoms with E-state index in [9.17, 15) is 0 Å². The van der Waals surface area contributed by atoms with Crippen LogP contribution in [-0.4, -0.2) is 4.57 Å². The molecule has 0 saturated carbocycles. The van der Waals surface area contributed by atoms with E-state index >= 15 is 0 Å². The fraction of sp³-hybridized carbons (Fsp3) is 0. The second-order valence-electron chi connectivity index (χ2n) is 16.9. The summed E-state index contributed by atoms with van der Waals surface area (Å²) in [4.78, 5) is 4.79. The predicted octanol–water partition coefficient (Wildman–Crippen LogP) is 17.6. The highest BCUT2D eigenvalue weighted by atomic mass is 16.3. The molecule has 0 aliphatic heterocycles. The van der Waals surface area contributed by atoms with Crippen molar-refractivity contribution < 1.29 is 4.42 Å². The van der Waals surface area contributed by atoms with Gasteiger partial charge in [0.05, 0.1) is 22.1 Å². The lowest BCUT2D eigenvalue weighted by molar-refractivity contribution is 0.670. The van der Waals surface area contributed by atoms with E-state index < -0.39 is 0 Å². The predicted molar refractivity (Wildman–Crippen MR) is 278 cm³/mol. The van der Waals surface area contributed by atoms with Crippen molar-refractivity contribution in [1.82, 2.24) is 4.57 Å². The van der Waals surface area contributed by atoms with Gasteiger partial charge in [-0.15, -0.1) is 0 Å². The van der Waals surface area contributed by atoms with Crippen molar-refractivity contribution >= 4 is 99.4 Å². The average molecular weight is 844 g/mol. The minimum absolute atomic E-state index is 0.848. The topological polar surface area (TPSA) is 24.6 Å². The molecule has 11 aromatic carbocycles. The molecule has 0 atom stereocenters. The Bertz CT molecular complexity index is 3890. The van der Waals surface area contributed by atoms with Crippen LogP contribution in [0.25, 0.3) is 82.1 Å². The highest BCUT2D eigenvalue weighted by Crippen LogP contribution is 2.49. The number of benzene rings is 11. The van der Waals surface area contributed by atoms with Gasteiger partial charge in [0.2, 0.25) is 0 Å². The van der Waals surface area contributed by atoms with Crippen LogP contribution in [0.15, 0.2) is 253 Å². The number of fused-ring (bicyclic) bond motifs is 10. The van der Waals surface area contributed by atoms with E-state index in [-0.39, 0.29) is 0 Å². The maximum absolute atomic E-state index is 7.13. The van der Waals surface area contributed by atoms with Crippen LogP contribution in [-0.2, 0) is 0 Å². The molecule has 0 N–H and O–H groups in total. The van der Waals surface area contributed by atoms with E-state index in [1.54, 1.807) is 0 Å². The molecule has 0 bridgehead atoms. The number of nitrogens with zero attached hydrogens (tertiary/aromatic N) is 3. The minimum atomic E-state index is 0.848. The van der Waals surface area contributed by atoms with Crippen molar-refractivity contribution in [3.8, 4) is 16.8 Å². The summed E-state index contributed by atoms with van der Waals surface area (Å²) in [5.74, 6) is 0. The molecule has 4 heteroatoms. The van der Waals surface area contributed by atoms with Gasteiger partial charge in [0.1, 0.15) is 11.2 Å². The Labute approximate surface area is 382 Å². The Morgan fingerprint density at radius 3 is 1.62 bits per heavy atom. The van der Waals surface area contributed by atoms with Crippen LogP contribution in [0.2, 0.25) is 0 Å². The SMILES string of the molecule is c1ccc(N(c2ccccc2)c2cc(-c3cc4c5ccccc5n(-c5ccccc5)c4c4c3oc3ccccc34)cc(N(c3ccccc3)c3cccc4c3ccc3ccccc34)c2)cc1. The number of aromatic nitrogens is 1. The number of anilines is 6. The van der Waals surface area contributed by atoms with Crippen molar-refractivity contribution in [3.63, 3.8) is 0 Å². The van der Waals surface area contributed by atoms with Crippen molar-refractivity contribution in [3.05, 3.63) is 249 Å². The van der Waals surface area contributed by atoms with E-state index in [2.05, 4.69) is 263 Å². The van der Waals surface area contributed by atoms with Crippen LogP contribution < -0.4 is 9.80 Å². The zero-order valence-electron chi connectivity index (χ0n) is 35.9. The third-order valence-corrected chi connectivity index (χ3v) is 13.1. The Kier molecular flexibility index (Phi) is 8.81. The lowest BCUT2D eigenvalue weighted by atomic mass is 9.96. The lowest BCUT2D eigenvalue weighted by Crippen LogP contribution is -2.14. The van der Waals surface area contributed by atoms with Crippen molar-refractivity contribution in [2.45, 2.75) is 0 Å². The first-order chi connectivity index (χ1) is 32.8. The molecule has 0 aliphatic rings. The summed E-state index contributed by atoms with van der Waals surface area (Å²) in [6, 6.07) is 89.4. The molecule has 2 aromatic heterocycles. The average Bonchev–Trinajstić information content (AvgIpc) is 3.94. The summed E-state index contributed by atoms with van der Waals surface area (Å²) in [6.07, 6.45) is 0. The van der Waals surface area contributed by atoms with Gasteiger partial charge in [0, 0.05) is 61.2 Å². The van der Waals surface area contributed by atoms with Gasteiger partial charge in [-0.25, -0.2) is 0 Å². The summed E-state index contributed by atoms with van der Waals surface area (Å²) in [7, 11) is 0. The molecule has 0 aliphatic carbocycles. The molecule has 310 valence electrons. The van der Waals surface area contributed by atoms with Crippen molar-refractivity contribution in [1.29, 1.82) is 0 Å². The largest absolute Gasteiger partial charge is 0.455 e. The first kappa shape index (κ1) is 37.7. The monoisotopic (exact) mass is 843 g/mol. The lowest BCUT2D eigenvalue weighted by Gasteiger charge is -2.31. The maximum atomic E-state index is 7.13. The van der Waals surface area contributed by atoms with E-state index in [1.165, 1.54) is 32.3 Å². The number of hydrogen-bond acceptors (Lipinski definition) is 3. The fourth-order valence-electron chi connectivity index (χ4n) is 10.2. The summed E-state index contributed by atoms with van der Waals surface area (Å²) in [5, 5.41) is 9.36. The molecule has 4 nitrogen and oxygen atoms in total. The van der Waals surface area contributed by atoms with Gasteiger partial charge in [0.15, 0.2) is 0 Å². The molecule has 13 rings (SSSR count). The quantitative estimate of drug-likeness (QED) is 0.142. The summed E-state index contributed by atoms with van der Waals surface area (Å²) < 4.78 is 9.54. The zero-order valence-corrected chi connectivity index (χ0v) is 35.9. The summed E-state index contributed by atoms with van der Waals surface area (Å²) >= 11 is 0. The van der Waals surface area contributed by atoms with Gasteiger partial charge in [-0.2, -0.15) is 0 Å². The van der Waals surface area contributed by atoms with E-state index in [0.29, 0.717) is 0 Å². The van der Waals surface area contributed by atoms with Gasteiger partial charge in [-0.1, -0.05) is 158 Å². The minimum Gasteiger partial charge on any atom is -0.455 e. The smallest absolute Gasteiger partial charge is 0.145 e. The molecular formula is C62H41N3O. The first-order valence-electron chi connectivity index (χ1n) is 22.5. The molecule has 2 heterocycles. The molecule has 0 fully saturated rings. The number of rotatable bonds is 8. The molecule has 0 radical (unpaired) electrons. The molecule has 0 amide bonds. The van der Waals surface area contributed by atoms with Gasteiger partial charge in [0.25, 0.3) is 0 Å². The van der Waals surface area contributed by atoms with Gasteiger partial charge in [-0.05, 0) is 113 Å². The van der Waals surface area contributed by atoms with E-state index in [0.717, 1.165) is 83.9 Å². The third-order valence-electron chi connectivity index (χ3n) is 13.1. The normalized spacial score (nSPS) is 11.6. The van der Waals surface area contributed by atoms with Crippen LogP contribution >= 0.6 is 0 Å². The van der Waals surface area contributed by atoms with Crippen LogP contribution in [0.3, 0.4) is 0 Å². The summed E-state index contributed by atoms with van der Waals surface area (Å²) in [5.41, 5.74) is 13.4. The molecule has 0 spiro atoms. The van der Waals surface area contributed by atoms with Crippen LogP contribution in [0.5, 0.6) is 0 Å². The second-order valence-corrected chi connectivity index (χ2v) is 16.9. The van der Waals surface area contributed by atoms with Crippen LogP contribution in [0.1, 0.15) is 0 Å². The maximum Gasteiger partial charge on any atom is 0.145 e. The van der Waals surface area contributed by atoms with E-state index in [1.807, 2.05) is 0 Å². The van der Waals surface area contributed by atoms with Crippen molar-refractivity contribution in [2.75, 3.05) is 9.80 Å². The Hall–Kier alpha value is -8.86. The van der Waals surface area contributed by atoms with Crippen LogP contribution in [0, 0.1) is 0 Å². The molecular weight excluding hydrogens is 803 g/mol. The summed E-state index contributed by atoms with van der Waals surface area (Å²) in [6.45, 7) is 0. The van der Waals surface area contributed by atoms with Crippen LogP contribution in [0.4, 0.5) is 34.1 Å². The number of furan rings is 1. The van der Waals surface area contributed by atoms with Gasteiger partial charge < -0.3 is 18.8 Å². The van der Waals surface area contributed by atoms with Gasteiger partial charge >= 0.3 is 0 Å². The number of hydrogen-bond donors (Lipinski definition) is 0. The fourth-order valence-corrected chi connectivity index (χ4v) is 10.2. The Morgan fingerprint density at radius 2 is 0.909 bits per heavy atom. The molecule has 66 heavy (non-hydrogen) atoms. The Morgan fingerprint density at radius 1 is 0.348 bits per heavy atom.